The third kappa shape index (κ3) is 5.98. The van der Waals surface area contributed by atoms with E-state index in [-0.39, 0.29) is 28.8 Å². The van der Waals surface area contributed by atoms with Crippen LogP contribution in [0.1, 0.15) is 48.2 Å². The molecule has 2 fully saturated rings. The van der Waals surface area contributed by atoms with E-state index in [1.165, 1.54) is 0 Å². The van der Waals surface area contributed by atoms with Crippen LogP contribution in [0.15, 0.2) is 59.7 Å². The first-order valence-electron chi connectivity index (χ1n) is 14.2. The van der Waals surface area contributed by atoms with E-state index in [0.717, 1.165) is 35.7 Å². The van der Waals surface area contributed by atoms with Gasteiger partial charge in [0.15, 0.2) is 5.69 Å². The van der Waals surface area contributed by atoms with Gasteiger partial charge in [-0.1, -0.05) is 23.7 Å². The van der Waals surface area contributed by atoms with E-state index in [1.54, 1.807) is 15.3 Å². The zero-order valence-corrected chi connectivity index (χ0v) is 23.9. The maximum absolute atomic E-state index is 13.7. The normalized spacial score (nSPS) is 21.0. The number of hydrogen-bond acceptors (Lipinski definition) is 6. The molecule has 9 nitrogen and oxygen atoms in total. The Bertz CT molecular complexity index is 1700. The lowest BCUT2D eigenvalue weighted by Gasteiger charge is -2.29. The first-order valence-corrected chi connectivity index (χ1v) is 14.6. The van der Waals surface area contributed by atoms with Crippen molar-refractivity contribution in [1.82, 2.24) is 24.4 Å². The van der Waals surface area contributed by atoms with Crippen LogP contribution in [0.25, 0.3) is 16.7 Å². The minimum Gasteiger partial charge on any atom is -0.391 e. The number of fused-ring (bicyclic) bond motifs is 1. The summed E-state index contributed by atoms with van der Waals surface area (Å²) in [7, 11) is 0. The van der Waals surface area contributed by atoms with E-state index in [2.05, 4.69) is 15.3 Å². The summed E-state index contributed by atoms with van der Waals surface area (Å²) in [4.78, 5) is 36.4. The molecular weight excluding hydrogens is 585 g/mol. The van der Waals surface area contributed by atoms with Crippen molar-refractivity contribution >= 4 is 34.4 Å². The summed E-state index contributed by atoms with van der Waals surface area (Å²) in [5.41, 5.74) is 0.151. The van der Waals surface area contributed by atoms with Gasteiger partial charge in [0.05, 0.1) is 39.6 Å². The molecule has 13 heteroatoms. The Morgan fingerprint density at radius 1 is 1.02 bits per heavy atom. The first kappa shape index (κ1) is 29.2. The van der Waals surface area contributed by atoms with Crippen LogP contribution in [0.5, 0.6) is 0 Å². The van der Waals surface area contributed by atoms with E-state index >= 15 is 0 Å². The number of aromatic nitrogens is 4. The Kier molecular flexibility index (Phi) is 7.91. The van der Waals surface area contributed by atoms with Crippen LogP contribution in [0, 0.1) is 5.92 Å². The van der Waals surface area contributed by atoms with Crippen LogP contribution >= 0.6 is 11.6 Å². The first-order chi connectivity index (χ1) is 20.6. The van der Waals surface area contributed by atoms with E-state index in [1.807, 2.05) is 41.3 Å². The van der Waals surface area contributed by atoms with Crippen molar-refractivity contribution in [3.8, 4) is 5.69 Å². The lowest BCUT2D eigenvalue weighted by Crippen LogP contribution is -2.39. The third-order valence-electron chi connectivity index (χ3n) is 8.30. The molecule has 2 aliphatic rings. The van der Waals surface area contributed by atoms with Gasteiger partial charge in [-0.2, -0.15) is 13.2 Å². The highest BCUT2D eigenvalue weighted by Gasteiger charge is 2.38. The number of β-amino-alcohol motifs (C(OH)–C–C–N with tert-alkyl or cyclic N) is 1. The minimum atomic E-state index is -4.78. The van der Waals surface area contributed by atoms with Crippen LogP contribution in [-0.4, -0.2) is 55.4 Å². The molecule has 1 aliphatic heterocycles. The number of aliphatic hydroxyl groups excluding tert-OH is 1. The van der Waals surface area contributed by atoms with Gasteiger partial charge < -0.3 is 15.3 Å². The lowest BCUT2D eigenvalue weighted by atomic mass is 9.85. The monoisotopic (exact) mass is 614 g/mol. The molecule has 4 heterocycles. The largest absolute Gasteiger partial charge is 0.434 e. The van der Waals surface area contributed by atoms with Crippen molar-refractivity contribution in [2.24, 2.45) is 5.92 Å². The maximum Gasteiger partial charge on any atom is 0.434 e. The second-order valence-corrected chi connectivity index (χ2v) is 11.7. The number of aliphatic hydroxyl groups is 1. The second-order valence-electron chi connectivity index (χ2n) is 11.2. The molecule has 4 aromatic rings. The van der Waals surface area contributed by atoms with Gasteiger partial charge in [-0.3, -0.25) is 13.9 Å². The zero-order chi connectivity index (χ0) is 30.3. The smallest absolute Gasteiger partial charge is 0.391 e. The number of pyridine rings is 2. The average molecular weight is 615 g/mol. The number of halogens is 4. The molecular formula is C30H30ClF3N6O3. The van der Waals surface area contributed by atoms with Crippen molar-refractivity contribution in [2.75, 3.05) is 18.0 Å². The van der Waals surface area contributed by atoms with Crippen LogP contribution in [0.4, 0.5) is 19.0 Å². The lowest BCUT2D eigenvalue weighted by molar-refractivity contribution is -0.141. The van der Waals surface area contributed by atoms with Gasteiger partial charge in [0.2, 0.25) is 0 Å². The third-order valence-corrected chi connectivity index (χ3v) is 8.51. The Hall–Kier alpha value is -3.90. The average Bonchev–Trinajstić information content (AvgIpc) is 3.54. The van der Waals surface area contributed by atoms with E-state index < -0.39 is 23.3 Å². The van der Waals surface area contributed by atoms with Crippen molar-refractivity contribution in [3.05, 3.63) is 81.6 Å². The van der Waals surface area contributed by atoms with Gasteiger partial charge in [0.1, 0.15) is 5.82 Å². The van der Waals surface area contributed by atoms with Crippen LogP contribution < -0.4 is 15.9 Å². The SMILES string of the molecule is O=C(N[C@H]1CC[C@H](Cn2c(=O)n(-c3ccc(N4CC[C@@H](O)C4)nc3)c3ccccc32)CC1)c1cc(Cl)cnc1C(F)(F)F. The summed E-state index contributed by atoms with van der Waals surface area (Å²) in [6.07, 6.45) is 0.605. The topological polar surface area (TPSA) is 105 Å². The number of rotatable bonds is 6. The number of benzene rings is 1. The molecule has 3 aromatic heterocycles. The second kappa shape index (κ2) is 11.6. The minimum absolute atomic E-state index is 0.0513. The number of imidazole rings is 1. The number of para-hydroxylation sites is 2. The molecule has 0 bridgehead atoms. The van der Waals surface area contributed by atoms with E-state index in [9.17, 15) is 27.9 Å². The molecule has 1 saturated heterocycles. The number of alkyl halides is 3. The fraction of sp³-hybridized carbons (Fsp3) is 0.400. The number of hydrogen-bond donors (Lipinski definition) is 2. The summed E-state index contributed by atoms with van der Waals surface area (Å²) in [6.45, 7) is 1.73. The predicted molar refractivity (Wildman–Crippen MR) is 156 cm³/mol. The molecule has 1 aliphatic carbocycles. The fourth-order valence-corrected chi connectivity index (χ4v) is 6.29. The van der Waals surface area contributed by atoms with Gasteiger partial charge in [-0.15, -0.1) is 0 Å². The maximum atomic E-state index is 13.7. The Morgan fingerprint density at radius 3 is 2.42 bits per heavy atom. The van der Waals surface area contributed by atoms with Crippen LogP contribution in [0.2, 0.25) is 5.02 Å². The molecule has 0 unspecified atom stereocenters. The van der Waals surface area contributed by atoms with Gasteiger partial charge in [-0.05, 0) is 68.4 Å². The number of carbonyl (C=O) groups excluding carboxylic acids is 1. The Labute approximate surface area is 249 Å². The highest BCUT2D eigenvalue weighted by atomic mass is 35.5. The molecule has 0 radical (unpaired) electrons. The predicted octanol–water partition coefficient (Wildman–Crippen LogP) is 4.81. The molecule has 0 spiro atoms. The van der Waals surface area contributed by atoms with Gasteiger partial charge >= 0.3 is 11.9 Å². The van der Waals surface area contributed by atoms with Crippen molar-refractivity contribution in [2.45, 2.75) is 57.0 Å². The number of carbonyl (C=O) groups is 1. The van der Waals surface area contributed by atoms with Crippen LogP contribution in [0.3, 0.4) is 0 Å². The fourth-order valence-electron chi connectivity index (χ4n) is 6.13. The summed E-state index contributed by atoms with van der Waals surface area (Å²) in [6, 6.07) is 12.0. The number of nitrogens with one attached hydrogen (secondary N) is 1. The standard InChI is InChI=1S/C30H30ClF3N6O3/c31-19-13-23(27(36-14-19)30(32,33)34)28(42)37-20-7-5-18(6-8-20)16-39-24-3-1-2-4-25(24)40(29(39)43)21-9-10-26(35-15-21)38-12-11-22(41)17-38/h1-4,9-10,13-15,18,20,22,41H,5-8,11-12,16-17H2,(H,37,42)/t18-,20-,22-/m1/s1. The van der Waals surface area contributed by atoms with Crippen molar-refractivity contribution in [1.29, 1.82) is 0 Å². The molecule has 1 aromatic carbocycles. The molecule has 1 amide bonds. The highest BCUT2D eigenvalue weighted by molar-refractivity contribution is 6.30. The molecule has 226 valence electrons. The molecule has 1 saturated carbocycles. The number of anilines is 1. The van der Waals surface area contributed by atoms with Crippen molar-refractivity contribution in [3.63, 3.8) is 0 Å². The summed E-state index contributed by atoms with van der Waals surface area (Å²) in [5.74, 6) is 0.0403. The Morgan fingerprint density at radius 2 is 1.77 bits per heavy atom. The summed E-state index contributed by atoms with van der Waals surface area (Å²) in [5, 5.41) is 12.5. The van der Waals surface area contributed by atoms with E-state index in [0.29, 0.717) is 50.9 Å². The molecule has 6 rings (SSSR count). The summed E-state index contributed by atoms with van der Waals surface area (Å²) < 4.78 is 43.6. The zero-order valence-electron chi connectivity index (χ0n) is 23.1. The Balaban J connectivity index is 1.15. The van der Waals surface area contributed by atoms with Gasteiger partial charge in [0, 0.05) is 31.9 Å². The molecule has 1 atom stereocenters. The van der Waals surface area contributed by atoms with Crippen molar-refractivity contribution < 1.29 is 23.1 Å². The number of nitrogens with zero attached hydrogens (tertiary/aromatic N) is 5. The quantitative estimate of drug-likeness (QED) is 0.323. The number of amides is 1. The van der Waals surface area contributed by atoms with E-state index in [4.69, 9.17) is 11.6 Å². The van der Waals surface area contributed by atoms with Crippen LogP contribution in [-0.2, 0) is 12.7 Å². The van der Waals surface area contributed by atoms with Gasteiger partial charge in [-0.25, -0.2) is 14.8 Å². The molecule has 43 heavy (non-hydrogen) atoms. The summed E-state index contributed by atoms with van der Waals surface area (Å²) >= 11 is 5.83. The molecule has 2 N–H and O–H groups in total. The highest BCUT2D eigenvalue weighted by Crippen LogP contribution is 2.32. The van der Waals surface area contributed by atoms with Gasteiger partial charge in [0.25, 0.3) is 5.91 Å².